The predicted molar refractivity (Wildman–Crippen MR) is 140 cm³/mol. The van der Waals surface area contributed by atoms with Crippen LogP contribution in [0, 0.1) is 56.2 Å². The van der Waals surface area contributed by atoms with E-state index >= 15 is 0 Å². The molecule has 0 bridgehead atoms. The molecule has 0 aromatic heterocycles. The van der Waals surface area contributed by atoms with Crippen LogP contribution in [0.15, 0.2) is 11.6 Å². The summed E-state index contributed by atoms with van der Waals surface area (Å²) < 4.78 is 0. The molecular formula is C31H51NO3. The molecule has 4 fully saturated rings. The number of aliphatic hydroxyl groups is 2. The summed E-state index contributed by atoms with van der Waals surface area (Å²) in [6, 6.07) is 0. The van der Waals surface area contributed by atoms with Crippen molar-refractivity contribution >= 4 is 5.91 Å². The van der Waals surface area contributed by atoms with Crippen LogP contribution in [0.2, 0.25) is 0 Å². The molecule has 0 heterocycles. The highest BCUT2D eigenvalue weighted by atomic mass is 16.3. The molecule has 0 aromatic carbocycles. The van der Waals surface area contributed by atoms with E-state index in [9.17, 15) is 15.0 Å². The standard InChI is InChI=1S/C31H51NO3/c1-26(2)19(18-33)8-10-29(5)23(26)9-11-31(7)24(29)22(34)16-20-21-17-28(4,25(32)35)13-12-27(21,3)14-15-30(20,31)6/h16,19,21-24,33-34H,8-15,17-18H2,1-7H3,(H2,32,35)/t19-,21+,22?,23+,24-,27-,28+,29+,30-,31-/m1/s1. The highest BCUT2D eigenvalue weighted by Crippen LogP contribution is 2.76. The third kappa shape index (κ3) is 3.14. The summed E-state index contributed by atoms with van der Waals surface area (Å²) in [7, 11) is 0. The van der Waals surface area contributed by atoms with Crippen molar-refractivity contribution in [3.63, 3.8) is 0 Å². The summed E-state index contributed by atoms with van der Waals surface area (Å²) >= 11 is 0. The lowest BCUT2D eigenvalue weighted by Crippen LogP contribution is -2.67. The molecule has 10 atom stereocenters. The number of hydrogen-bond donors (Lipinski definition) is 3. The fourth-order valence-corrected chi connectivity index (χ4v) is 11.1. The topological polar surface area (TPSA) is 83.6 Å². The molecule has 0 aromatic rings. The Labute approximate surface area is 213 Å². The molecule has 0 spiro atoms. The lowest BCUT2D eigenvalue weighted by Gasteiger charge is -2.72. The average molecular weight is 486 g/mol. The summed E-state index contributed by atoms with van der Waals surface area (Å²) in [5, 5.41) is 22.2. The number of nitrogens with two attached hydrogens (primary N) is 1. The van der Waals surface area contributed by atoms with Crippen LogP contribution in [0.3, 0.4) is 0 Å². The lowest BCUT2D eigenvalue weighted by atomic mass is 9.33. The van der Waals surface area contributed by atoms with Crippen molar-refractivity contribution in [1.29, 1.82) is 0 Å². The van der Waals surface area contributed by atoms with Gasteiger partial charge in [-0.25, -0.2) is 0 Å². The third-order valence-corrected chi connectivity index (χ3v) is 13.8. The molecule has 4 N–H and O–H groups in total. The smallest absolute Gasteiger partial charge is 0.223 e. The van der Waals surface area contributed by atoms with Gasteiger partial charge in [0.05, 0.1) is 6.10 Å². The van der Waals surface area contributed by atoms with Crippen molar-refractivity contribution in [2.75, 3.05) is 6.61 Å². The molecular weight excluding hydrogens is 434 g/mol. The number of carbonyl (C=O) groups excluding carboxylic acids is 1. The van der Waals surface area contributed by atoms with Crippen molar-refractivity contribution in [1.82, 2.24) is 0 Å². The second-order valence-corrected chi connectivity index (χ2v) is 15.5. The maximum Gasteiger partial charge on any atom is 0.223 e. The summed E-state index contributed by atoms with van der Waals surface area (Å²) in [4.78, 5) is 12.5. The molecule has 4 saturated carbocycles. The monoisotopic (exact) mass is 485 g/mol. The Hall–Kier alpha value is -0.870. The van der Waals surface area contributed by atoms with E-state index in [1.807, 2.05) is 0 Å². The molecule has 1 unspecified atom stereocenters. The number of primary amides is 1. The van der Waals surface area contributed by atoms with Crippen LogP contribution in [0.1, 0.15) is 106 Å². The van der Waals surface area contributed by atoms with Crippen molar-refractivity contribution in [2.45, 2.75) is 112 Å². The Morgan fingerprint density at radius 1 is 0.971 bits per heavy atom. The third-order valence-electron chi connectivity index (χ3n) is 13.8. The largest absolute Gasteiger partial charge is 0.396 e. The number of allylic oxidation sites excluding steroid dienone is 1. The summed E-state index contributed by atoms with van der Waals surface area (Å²) in [5.74, 6) is 1.22. The summed E-state index contributed by atoms with van der Waals surface area (Å²) in [6.45, 7) is 17.0. The first kappa shape index (κ1) is 25.8. The Morgan fingerprint density at radius 3 is 2.26 bits per heavy atom. The van der Waals surface area contributed by atoms with Crippen molar-refractivity contribution in [2.24, 2.45) is 61.9 Å². The average Bonchev–Trinajstić information content (AvgIpc) is 2.76. The second-order valence-electron chi connectivity index (χ2n) is 15.5. The maximum atomic E-state index is 12.5. The molecule has 5 aliphatic carbocycles. The minimum absolute atomic E-state index is 0.0196. The first-order chi connectivity index (χ1) is 16.1. The fraction of sp³-hybridized carbons (Fsp3) is 0.903. The van der Waals surface area contributed by atoms with E-state index in [-0.39, 0.29) is 45.5 Å². The van der Waals surface area contributed by atoms with Gasteiger partial charge in [0.2, 0.25) is 5.91 Å². The van der Waals surface area contributed by atoms with Gasteiger partial charge in [-0.1, -0.05) is 60.1 Å². The van der Waals surface area contributed by atoms with Gasteiger partial charge in [0.15, 0.2) is 0 Å². The van der Waals surface area contributed by atoms with Gasteiger partial charge in [-0.15, -0.1) is 0 Å². The fourth-order valence-electron chi connectivity index (χ4n) is 11.1. The van der Waals surface area contributed by atoms with Gasteiger partial charge < -0.3 is 15.9 Å². The van der Waals surface area contributed by atoms with E-state index in [4.69, 9.17) is 5.73 Å². The zero-order valence-electron chi connectivity index (χ0n) is 23.4. The molecule has 198 valence electrons. The minimum atomic E-state index is -0.457. The van der Waals surface area contributed by atoms with Crippen molar-refractivity contribution < 1.29 is 15.0 Å². The normalized spacial score (nSPS) is 55.0. The van der Waals surface area contributed by atoms with Crippen LogP contribution in [-0.2, 0) is 4.79 Å². The number of aliphatic hydroxyl groups excluding tert-OH is 2. The molecule has 0 aliphatic heterocycles. The van der Waals surface area contributed by atoms with Gasteiger partial charge in [-0.3, -0.25) is 4.79 Å². The molecule has 0 saturated heterocycles. The van der Waals surface area contributed by atoms with Gasteiger partial charge in [-0.2, -0.15) is 0 Å². The van der Waals surface area contributed by atoms with E-state index in [0.29, 0.717) is 17.8 Å². The van der Waals surface area contributed by atoms with Gasteiger partial charge in [0, 0.05) is 17.9 Å². The quantitative estimate of drug-likeness (QED) is 0.429. The Morgan fingerprint density at radius 2 is 1.63 bits per heavy atom. The van der Waals surface area contributed by atoms with Crippen LogP contribution in [0.25, 0.3) is 0 Å². The van der Waals surface area contributed by atoms with Crippen molar-refractivity contribution in [3.05, 3.63) is 11.6 Å². The Kier molecular flexibility index (Phi) is 5.59. The minimum Gasteiger partial charge on any atom is -0.396 e. The SMILES string of the molecule is CC1(C)[C@@H](CO)CC[C@]2(C)[C@H]3C(O)C=C4[C@@H]5C[C@@](C)(C(N)=O)CC[C@]5(C)CC[C@@]4(C)[C@]3(C)CC[C@@H]12. The van der Waals surface area contributed by atoms with Crippen molar-refractivity contribution in [3.8, 4) is 0 Å². The van der Waals surface area contributed by atoms with E-state index in [2.05, 4.69) is 54.5 Å². The van der Waals surface area contributed by atoms with E-state index in [0.717, 1.165) is 38.5 Å². The Balaban J connectivity index is 1.60. The first-order valence-corrected chi connectivity index (χ1v) is 14.4. The van der Waals surface area contributed by atoms with E-state index in [1.165, 1.54) is 24.8 Å². The first-order valence-electron chi connectivity index (χ1n) is 14.4. The van der Waals surface area contributed by atoms with Gasteiger partial charge in [0.25, 0.3) is 0 Å². The number of rotatable bonds is 2. The summed E-state index contributed by atoms with van der Waals surface area (Å²) in [5.41, 5.74) is 7.29. The van der Waals surface area contributed by atoms with Crippen LogP contribution in [-0.4, -0.2) is 28.8 Å². The lowest BCUT2D eigenvalue weighted by molar-refractivity contribution is -0.218. The summed E-state index contributed by atoms with van der Waals surface area (Å²) in [6.07, 6.45) is 11.3. The molecule has 35 heavy (non-hydrogen) atoms. The number of carbonyl (C=O) groups is 1. The Bertz CT molecular complexity index is 942. The van der Waals surface area contributed by atoms with Gasteiger partial charge in [0.1, 0.15) is 0 Å². The maximum absolute atomic E-state index is 12.5. The van der Waals surface area contributed by atoms with E-state index < -0.39 is 11.5 Å². The van der Waals surface area contributed by atoms with Crippen LogP contribution in [0.5, 0.6) is 0 Å². The highest BCUT2D eigenvalue weighted by molar-refractivity contribution is 5.80. The molecule has 5 aliphatic rings. The molecule has 4 heteroatoms. The molecule has 5 rings (SSSR count). The van der Waals surface area contributed by atoms with Gasteiger partial charge >= 0.3 is 0 Å². The number of fused-ring (bicyclic) bond motifs is 7. The number of hydrogen-bond acceptors (Lipinski definition) is 3. The van der Waals surface area contributed by atoms with Crippen LogP contribution >= 0.6 is 0 Å². The van der Waals surface area contributed by atoms with Crippen LogP contribution in [0.4, 0.5) is 0 Å². The second kappa shape index (κ2) is 7.59. The zero-order valence-corrected chi connectivity index (χ0v) is 23.4. The number of amides is 1. The molecule has 0 radical (unpaired) electrons. The van der Waals surface area contributed by atoms with Crippen LogP contribution < -0.4 is 5.73 Å². The van der Waals surface area contributed by atoms with Gasteiger partial charge in [-0.05, 0) is 103 Å². The molecule has 4 nitrogen and oxygen atoms in total. The zero-order chi connectivity index (χ0) is 25.8. The predicted octanol–water partition coefficient (Wildman–Crippen LogP) is 5.85. The highest BCUT2D eigenvalue weighted by Gasteiger charge is 2.69. The molecule has 1 amide bonds. The van der Waals surface area contributed by atoms with E-state index in [1.54, 1.807) is 0 Å².